The van der Waals surface area contributed by atoms with Crippen molar-refractivity contribution in [3.63, 3.8) is 0 Å². The molecule has 0 radical (unpaired) electrons. The summed E-state index contributed by atoms with van der Waals surface area (Å²) in [6, 6.07) is 14.8. The molecule has 0 bridgehead atoms. The van der Waals surface area contributed by atoms with Crippen molar-refractivity contribution in [1.29, 1.82) is 0 Å². The number of hydrogen-bond donors (Lipinski definition) is 2. The lowest BCUT2D eigenvalue weighted by atomic mass is 9.98. The van der Waals surface area contributed by atoms with E-state index in [-0.39, 0.29) is 6.42 Å². The Labute approximate surface area is 138 Å². The first-order valence-electron chi connectivity index (χ1n) is 7.64. The normalized spacial score (nSPS) is 10.7. The van der Waals surface area contributed by atoms with E-state index in [1.807, 2.05) is 43.3 Å². The van der Waals surface area contributed by atoms with Crippen LogP contribution in [0.4, 0.5) is 5.69 Å². The smallest absolute Gasteiger partial charge is 0.336 e. The molecule has 0 amide bonds. The number of benzene rings is 2. The largest absolute Gasteiger partial charge is 0.481 e. The summed E-state index contributed by atoms with van der Waals surface area (Å²) in [6.45, 7) is 2.31. The second-order valence-electron chi connectivity index (χ2n) is 5.58. The highest BCUT2D eigenvalue weighted by atomic mass is 16.4. The second kappa shape index (κ2) is 6.58. The number of carboxylic acid groups (broad SMARTS) is 1. The molecule has 0 fully saturated rings. The highest BCUT2D eigenvalue weighted by Gasteiger charge is 2.10. The van der Waals surface area contributed by atoms with Gasteiger partial charge in [0, 0.05) is 35.3 Å². The highest BCUT2D eigenvalue weighted by Crippen LogP contribution is 2.30. The van der Waals surface area contributed by atoms with Crippen molar-refractivity contribution in [1.82, 2.24) is 0 Å². The number of rotatable bonds is 5. The van der Waals surface area contributed by atoms with Crippen molar-refractivity contribution in [3.05, 3.63) is 64.5 Å². The van der Waals surface area contributed by atoms with Crippen LogP contribution < -0.4 is 10.9 Å². The average molecular weight is 323 g/mol. The Bertz CT molecular complexity index is 959. The molecule has 0 spiro atoms. The predicted molar refractivity (Wildman–Crippen MR) is 93.4 cm³/mol. The molecule has 2 aromatic carbocycles. The summed E-state index contributed by atoms with van der Waals surface area (Å²) in [4.78, 5) is 22.5. The van der Waals surface area contributed by atoms with E-state index in [1.54, 1.807) is 6.07 Å². The van der Waals surface area contributed by atoms with Crippen molar-refractivity contribution in [2.24, 2.45) is 0 Å². The molecule has 0 aliphatic rings. The lowest BCUT2D eigenvalue weighted by Crippen LogP contribution is -2.07. The Kier molecular flexibility index (Phi) is 4.33. The fourth-order valence-corrected chi connectivity index (χ4v) is 2.68. The zero-order valence-corrected chi connectivity index (χ0v) is 13.2. The molecule has 1 heterocycles. The molecule has 3 rings (SSSR count). The molecule has 0 saturated carbocycles. The third-order valence-electron chi connectivity index (χ3n) is 3.85. The van der Waals surface area contributed by atoms with Crippen LogP contribution >= 0.6 is 0 Å². The molecule has 0 saturated heterocycles. The molecule has 122 valence electrons. The van der Waals surface area contributed by atoms with E-state index in [4.69, 9.17) is 9.52 Å². The second-order valence-corrected chi connectivity index (χ2v) is 5.58. The van der Waals surface area contributed by atoms with Crippen molar-refractivity contribution in [3.8, 4) is 11.1 Å². The summed E-state index contributed by atoms with van der Waals surface area (Å²) in [5.74, 6) is -0.864. The Balaban J connectivity index is 2.04. The van der Waals surface area contributed by atoms with Crippen LogP contribution in [0.25, 0.3) is 22.1 Å². The van der Waals surface area contributed by atoms with Gasteiger partial charge in [-0.25, -0.2) is 4.79 Å². The fraction of sp³-hybridized carbons (Fsp3) is 0.158. The standard InChI is InChI=1S/C19H17NO4/c1-12-4-2-3-5-14(12)16-11-19(23)24-17-10-13(6-7-15(16)17)20-9-8-18(21)22/h2-7,10-11,20H,8-9H2,1H3,(H,21,22). The molecular formula is C19H17NO4. The van der Waals surface area contributed by atoms with Crippen LogP contribution in [0.5, 0.6) is 0 Å². The van der Waals surface area contributed by atoms with Crippen LogP contribution in [-0.2, 0) is 4.79 Å². The van der Waals surface area contributed by atoms with Gasteiger partial charge in [-0.05, 0) is 30.2 Å². The minimum absolute atomic E-state index is 0.0191. The summed E-state index contributed by atoms with van der Waals surface area (Å²) in [5.41, 5.74) is 3.67. The SMILES string of the molecule is Cc1ccccc1-c1cc(=O)oc2cc(NCCC(=O)O)ccc12. The van der Waals surface area contributed by atoms with E-state index in [2.05, 4.69) is 5.32 Å². The molecule has 2 N–H and O–H groups in total. The number of fused-ring (bicyclic) bond motifs is 1. The van der Waals surface area contributed by atoms with Gasteiger partial charge in [0.2, 0.25) is 0 Å². The molecule has 24 heavy (non-hydrogen) atoms. The van der Waals surface area contributed by atoms with Crippen molar-refractivity contribution in [2.75, 3.05) is 11.9 Å². The maximum atomic E-state index is 11.9. The van der Waals surface area contributed by atoms with Gasteiger partial charge in [-0.15, -0.1) is 0 Å². The molecule has 0 aliphatic heterocycles. The molecule has 3 aromatic rings. The summed E-state index contributed by atoms with van der Waals surface area (Å²) in [5, 5.41) is 12.5. The van der Waals surface area contributed by atoms with Gasteiger partial charge in [-0.3, -0.25) is 4.79 Å². The number of carboxylic acids is 1. The van der Waals surface area contributed by atoms with Gasteiger partial charge in [-0.1, -0.05) is 24.3 Å². The van der Waals surface area contributed by atoms with Gasteiger partial charge in [0.25, 0.3) is 0 Å². The van der Waals surface area contributed by atoms with Crippen LogP contribution in [0.2, 0.25) is 0 Å². The number of aryl methyl sites for hydroxylation is 1. The molecule has 5 nitrogen and oxygen atoms in total. The summed E-state index contributed by atoms with van der Waals surface area (Å²) in [7, 11) is 0. The van der Waals surface area contributed by atoms with E-state index in [0.717, 1.165) is 22.1 Å². The molecule has 1 aromatic heterocycles. The lowest BCUT2D eigenvalue weighted by molar-refractivity contribution is -0.136. The first-order chi connectivity index (χ1) is 11.5. The topological polar surface area (TPSA) is 79.5 Å². The van der Waals surface area contributed by atoms with Gasteiger partial charge in [0.1, 0.15) is 5.58 Å². The molecule has 0 aliphatic carbocycles. The Hall–Kier alpha value is -3.08. The molecule has 5 heteroatoms. The van der Waals surface area contributed by atoms with E-state index < -0.39 is 11.6 Å². The molecule has 0 unspecified atom stereocenters. The third-order valence-corrected chi connectivity index (χ3v) is 3.85. The fourth-order valence-electron chi connectivity index (χ4n) is 2.68. The monoisotopic (exact) mass is 323 g/mol. The summed E-state index contributed by atoms with van der Waals surface area (Å²) >= 11 is 0. The van der Waals surface area contributed by atoms with Gasteiger partial charge < -0.3 is 14.8 Å². The Morgan fingerprint density at radius 3 is 2.67 bits per heavy atom. The first-order valence-corrected chi connectivity index (χ1v) is 7.64. The maximum absolute atomic E-state index is 11.9. The van der Waals surface area contributed by atoms with Gasteiger partial charge >= 0.3 is 11.6 Å². The van der Waals surface area contributed by atoms with Crippen molar-refractivity contribution < 1.29 is 14.3 Å². The minimum atomic E-state index is -0.864. The van der Waals surface area contributed by atoms with E-state index >= 15 is 0 Å². The molecule has 0 atom stereocenters. The van der Waals surface area contributed by atoms with Crippen LogP contribution in [0, 0.1) is 6.92 Å². The average Bonchev–Trinajstić information content (AvgIpc) is 2.54. The van der Waals surface area contributed by atoms with Crippen LogP contribution in [0.15, 0.2) is 57.7 Å². The van der Waals surface area contributed by atoms with Crippen LogP contribution in [0.1, 0.15) is 12.0 Å². The van der Waals surface area contributed by atoms with Crippen LogP contribution in [0.3, 0.4) is 0 Å². The summed E-state index contributed by atoms with van der Waals surface area (Å²) < 4.78 is 5.32. The maximum Gasteiger partial charge on any atom is 0.336 e. The highest BCUT2D eigenvalue weighted by molar-refractivity contribution is 5.95. The molecular weight excluding hydrogens is 306 g/mol. The zero-order chi connectivity index (χ0) is 17.1. The predicted octanol–water partition coefficient (Wildman–Crippen LogP) is 3.66. The van der Waals surface area contributed by atoms with Gasteiger partial charge in [0.15, 0.2) is 0 Å². The minimum Gasteiger partial charge on any atom is -0.481 e. The van der Waals surface area contributed by atoms with Crippen LogP contribution in [-0.4, -0.2) is 17.6 Å². The van der Waals surface area contributed by atoms with E-state index in [9.17, 15) is 9.59 Å². The lowest BCUT2D eigenvalue weighted by Gasteiger charge is -2.10. The number of anilines is 1. The van der Waals surface area contributed by atoms with E-state index in [1.165, 1.54) is 6.07 Å². The number of aliphatic carboxylic acids is 1. The quantitative estimate of drug-likeness (QED) is 0.701. The van der Waals surface area contributed by atoms with Crippen molar-refractivity contribution >= 4 is 22.6 Å². The summed E-state index contributed by atoms with van der Waals surface area (Å²) in [6.07, 6.45) is 0.0191. The number of carbonyl (C=O) groups is 1. The van der Waals surface area contributed by atoms with Gasteiger partial charge in [-0.2, -0.15) is 0 Å². The van der Waals surface area contributed by atoms with Crippen molar-refractivity contribution in [2.45, 2.75) is 13.3 Å². The first kappa shape index (κ1) is 15.8. The van der Waals surface area contributed by atoms with E-state index in [0.29, 0.717) is 17.8 Å². The Morgan fingerprint density at radius 2 is 1.92 bits per heavy atom. The number of hydrogen-bond acceptors (Lipinski definition) is 4. The number of nitrogens with one attached hydrogen (secondary N) is 1. The van der Waals surface area contributed by atoms with Gasteiger partial charge in [0.05, 0.1) is 6.42 Å². The zero-order valence-electron chi connectivity index (χ0n) is 13.2. The third kappa shape index (κ3) is 3.30. The Morgan fingerprint density at radius 1 is 1.12 bits per heavy atom.